The van der Waals surface area contributed by atoms with Crippen LogP contribution in [0.3, 0.4) is 0 Å². The molecule has 2 N–H and O–H groups in total. The van der Waals surface area contributed by atoms with Crippen LogP contribution in [0.15, 0.2) is 0 Å². The highest BCUT2D eigenvalue weighted by Gasteiger charge is 2.59. The molecule has 15 heavy (non-hydrogen) atoms. The molecular weight excluding hydrogens is 182 g/mol. The zero-order chi connectivity index (χ0) is 10.9. The second-order valence-electron chi connectivity index (χ2n) is 7.85. The van der Waals surface area contributed by atoms with Gasteiger partial charge in [0.2, 0.25) is 0 Å². The van der Waals surface area contributed by atoms with Crippen LogP contribution in [0.25, 0.3) is 0 Å². The highest BCUT2D eigenvalue weighted by Crippen LogP contribution is 2.66. The lowest BCUT2D eigenvalue weighted by Crippen LogP contribution is -2.63. The lowest BCUT2D eigenvalue weighted by molar-refractivity contribution is -0.123. The molecule has 4 fully saturated rings. The summed E-state index contributed by atoms with van der Waals surface area (Å²) < 4.78 is 0. The van der Waals surface area contributed by atoms with Crippen LogP contribution in [0.2, 0.25) is 0 Å². The largest absolute Gasteiger partial charge is 0.325 e. The molecule has 2 unspecified atom stereocenters. The van der Waals surface area contributed by atoms with Gasteiger partial charge in [0, 0.05) is 5.54 Å². The van der Waals surface area contributed by atoms with Crippen molar-refractivity contribution in [3.63, 3.8) is 0 Å². The fourth-order valence-electron chi connectivity index (χ4n) is 5.21. The van der Waals surface area contributed by atoms with Crippen molar-refractivity contribution in [1.29, 1.82) is 0 Å². The fraction of sp³-hybridized carbons (Fsp3) is 1.00. The number of nitrogens with two attached hydrogens (primary N) is 1. The van der Waals surface area contributed by atoms with Crippen molar-refractivity contribution in [2.45, 2.75) is 64.8 Å². The fourth-order valence-corrected chi connectivity index (χ4v) is 5.21. The van der Waals surface area contributed by atoms with Crippen molar-refractivity contribution in [1.82, 2.24) is 0 Å². The molecule has 0 aromatic carbocycles. The summed E-state index contributed by atoms with van der Waals surface area (Å²) in [6, 6.07) is 0. The summed E-state index contributed by atoms with van der Waals surface area (Å²) in [4.78, 5) is 0. The third kappa shape index (κ3) is 1.32. The molecule has 2 atom stereocenters. The average molecular weight is 207 g/mol. The van der Waals surface area contributed by atoms with Gasteiger partial charge in [-0.3, -0.25) is 0 Å². The smallest absolute Gasteiger partial charge is 0.0165 e. The molecule has 4 aliphatic carbocycles. The Balaban J connectivity index is 2.00. The minimum absolute atomic E-state index is 0.220. The molecule has 0 spiro atoms. The van der Waals surface area contributed by atoms with E-state index >= 15 is 0 Å². The number of hydrogen-bond acceptors (Lipinski definition) is 1. The number of hydrogen-bond donors (Lipinski definition) is 1. The summed E-state index contributed by atoms with van der Waals surface area (Å²) in [6.45, 7) is 7.30. The summed E-state index contributed by atoms with van der Waals surface area (Å²) in [6.07, 6.45) is 8.36. The van der Waals surface area contributed by atoms with Crippen LogP contribution in [0, 0.1) is 22.7 Å². The Labute approximate surface area is 93.8 Å². The summed E-state index contributed by atoms with van der Waals surface area (Å²) in [5.74, 6) is 1.91. The van der Waals surface area contributed by atoms with E-state index in [9.17, 15) is 0 Å². The minimum Gasteiger partial charge on any atom is -0.325 e. The third-order valence-electron chi connectivity index (χ3n) is 5.70. The molecule has 1 heteroatoms. The maximum atomic E-state index is 6.60. The molecule has 1 nitrogen and oxygen atoms in total. The molecule has 0 aromatic heterocycles. The first-order valence-electron chi connectivity index (χ1n) is 6.61. The molecule has 4 aliphatic rings. The third-order valence-corrected chi connectivity index (χ3v) is 5.70. The van der Waals surface area contributed by atoms with Gasteiger partial charge in [-0.2, -0.15) is 0 Å². The van der Waals surface area contributed by atoms with Gasteiger partial charge in [0.05, 0.1) is 0 Å². The van der Waals surface area contributed by atoms with E-state index in [-0.39, 0.29) is 5.54 Å². The van der Waals surface area contributed by atoms with Crippen LogP contribution >= 0.6 is 0 Å². The Morgan fingerprint density at radius 1 is 1.00 bits per heavy atom. The van der Waals surface area contributed by atoms with Gasteiger partial charge >= 0.3 is 0 Å². The van der Waals surface area contributed by atoms with Gasteiger partial charge in [-0.1, -0.05) is 20.8 Å². The monoisotopic (exact) mass is 207 g/mol. The lowest BCUT2D eigenvalue weighted by Gasteiger charge is -2.65. The average Bonchev–Trinajstić information content (AvgIpc) is 1.95. The normalized spacial score (nSPS) is 53.6. The van der Waals surface area contributed by atoms with Crippen molar-refractivity contribution in [3.8, 4) is 0 Å². The molecule has 0 amide bonds. The van der Waals surface area contributed by atoms with E-state index in [0.29, 0.717) is 10.8 Å². The second kappa shape index (κ2) is 2.61. The Kier molecular flexibility index (Phi) is 1.77. The van der Waals surface area contributed by atoms with E-state index in [4.69, 9.17) is 5.73 Å². The summed E-state index contributed by atoms with van der Waals surface area (Å²) in [7, 11) is 0. The van der Waals surface area contributed by atoms with Crippen molar-refractivity contribution < 1.29 is 0 Å². The standard InChI is InChI=1S/C14H25N/c1-12(2,3)13-5-10-4-11(6-13)8-14(15,7-10)9-13/h10-11H,4-9,15H2,1-3H3. The molecule has 0 heterocycles. The SMILES string of the molecule is CC(C)(C)C12CC3CC(CC(N)(C3)C1)C2. The quantitative estimate of drug-likeness (QED) is 0.648. The summed E-state index contributed by atoms with van der Waals surface area (Å²) in [5.41, 5.74) is 7.85. The highest BCUT2D eigenvalue weighted by atomic mass is 14.8. The maximum Gasteiger partial charge on any atom is 0.0165 e. The zero-order valence-corrected chi connectivity index (χ0v) is 10.5. The van der Waals surface area contributed by atoms with Gasteiger partial charge in [-0.15, -0.1) is 0 Å². The van der Waals surface area contributed by atoms with Crippen LogP contribution in [-0.2, 0) is 0 Å². The van der Waals surface area contributed by atoms with E-state index in [1.54, 1.807) is 0 Å². The molecule has 4 bridgehead atoms. The molecule has 0 saturated heterocycles. The minimum atomic E-state index is 0.220. The van der Waals surface area contributed by atoms with E-state index in [1.165, 1.54) is 38.5 Å². The van der Waals surface area contributed by atoms with Crippen LogP contribution in [0.5, 0.6) is 0 Å². The van der Waals surface area contributed by atoms with E-state index in [2.05, 4.69) is 20.8 Å². The predicted molar refractivity (Wildman–Crippen MR) is 63.5 cm³/mol. The topological polar surface area (TPSA) is 26.0 Å². The molecule has 4 rings (SSSR count). The first-order valence-corrected chi connectivity index (χ1v) is 6.61. The number of rotatable bonds is 0. The van der Waals surface area contributed by atoms with Gasteiger partial charge in [0.15, 0.2) is 0 Å². The van der Waals surface area contributed by atoms with Crippen LogP contribution < -0.4 is 5.73 Å². The van der Waals surface area contributed by atoms with Crippen LogP contribution in [0.1, 0.15) is 59.3 Å². The van der Waals surface area contributed by atoms with Gasteiger partial charge in [0.1, 0.15) is 0 Å². The zero-order valence-electron chi connectivity index (χ0n) is 10.5. The van der Waals surface area contributed by atoms with Crippen molar-refractivity contribution >= 4 is 0 Å². The maximum absolute atomic E-state index is 6.60. The molecular formula is C14H25N. The van der Waals surface area contributed by atoms with Gasteiger partial charge in [-0.25, -0.2) is 0 Å². The van der Waals surface area contributed by atoms with E-state index in [0.717, 1.165) is 11.8 Å². The Bertz CT molecular complexity index is 272. The Morgan fingerprint density at radius 2 is 1.53 bits per heavy atom. The van der Waals surface area contributed by atoms with Gasteiger partial charge in [0.25, 0.3) is 0 Å². The molecule has 0 radical (unpaired) electrons. The Hall–Kier alpha value is -0.0400. The van der Waals surface area contributed by atoms with Crippen molar-refractivity contribution in [2.75, 3.05) is 0 Å². The summed E-state index contributed by atoms with van der Waals surface area (Å²) in [5, 5.41) is 0. The van der Waals surface area contributed by atoms with Crippen LogP contribution in [-0.4, -0.2) is 5.54 Å². The van der Waals surface area contributed by atoms with Crippen LogP contribution in [0.4, 0.5) is 0 Å². The molecule has 0 aliphatic heterocycles. The molecule has 86 valence electrons. The highest BCUT2D eigenvalue weighted by molar-refractivity contribution is 5.13. The lowest BCUT2D eigenvalue weighted by atomic mass is 9.42. The van der Waals surface area contributed by atoms with Crippen molar-refractivity contribution in [3.05, 3.63) is 0 Å². The Morgan fingerprint density at radius 3 is 1.93 bits per heavy atom. The first kappa shape index (κ1) is 10.1. The van der Waals surface area contributed by atoms with E-state index in [1.807, 2.05) is 0 Å². The summed E-state index contributed by atoms with van der Waals surface area (Å²) >= 11 is 0. The second-order valence-corrected chi connectivity index (χ2v) is 7.85. The predicted octanol–water partition coefficient (Wildman–Crippen LogP) is 3.33. The first-order chi connectivity index (χ1) is 6.82. The van der Waals surface area contributed by atoms with Gasteiger partial charge < -0.3 is 5.73 Å². The van der Waals surface area contributed by atoms with E-state index < -0.39 is 0 Å². The molecule has 4 saturated carbocycles. The van der Waals surface area contributed by atoms with Gasteiger partial charge in [-0.05, 0) is 61.2 Å². The van der Waals surface area contributed by atoms with Crippen molar-refractivity contribution in [2.24, 2.45) is 28.4 Å². The molecule has 0 aromatic rings.